The van der Waals surface area contributed by atoms with Gasteiger partial charge in [0, 0.05) is 82.0 Å². The molecular formula is C77H119F5N12O13. The molecular weight excluding hydrogens is 1400 g/mol. The standard InChI is InChI=1S/C77H119F5N12O13/c1-12-47(4)65-73(104)88(7)46-63(97)90(9)57-29-20-17-23-38-93(72(57)103)60-41-49-32-30-48(31-33-49)25-18-15-16-19-28-56(67(98)84-65)89(8)62(96)43-59(70(101)86(5)13-2)91(10)74(105)66(51-26-21-22-27-51)92(11)75(106)76(36-24-37-76)85-68(99)58-42-52(107-14-3)44-94(58)69(100)55(83-61(95)45-87(6)71(60)102)35-34-50-39-53(78)64(54(79)40-50)77(80,81)82/h17-18,20,25,47-60,64-66H,12-16,19,21-24,26-46H2,1-11H3,(H,83,95)(H,84,98)(H,85,99)/b20-17-,25-18+/t47-,48?,49?,50?,52+,53?,54?,55-,56-,57-,58-,59-,60-,64?,65-,66-/m0/s1. The van der Waals surface area contributed by atoms with Crippen molar-refractivity contribution in [3.8, 4) is 0 Å². The Labute approximate surface area is 627 Å². The summed E-state index contributed by atoms with van der Waals surface area (Å²) >= 11 is 0. The molecule has 3 N–H and O–H groups in total. The Morgan fingerprint density at radius 2 is 1.28 bits per heavy atom. The summed E-state index contributed by atoms with van der Waals surface area (Å²) in [5.74, 6) is -13.2. The number of halogens is 5. The molecule has 107 heavy (non-hydrogen) atoms. The largest absolute Gasteiger partial charge is 0.397 e. The third-order valence-corrected chi connectivity index (χ3v) is 24.7. The van der Waals surface area contributed by atoms with E-state index < -0.39 is 205 Å². The van der Waals surface area contributed by atoms with Gasteiger partial charge < -0.3 is 64.8 Å². The summed E-state index contributed by atoms with van der Waals surface area (Å²) in [6, 6.07) is -10.6. The number of carbonyl (C=O) groups excluding carboxylic acids is 12. The van der Waals surface area contributed by atoms with Crippen LogP contribution in [0.5, 0.6) is 0 Å². The topological polar surface area (TPSA) is 279 Å². The molecule has 0 aromatic heterocycles. The quantitative estimate of drug-likeness (QED) is 0.161. The van der Waals surface area contributed by atoms with Gasteiger partial charge in [-0.15, -0.1) is 0 Å². The second-order valence-electron chi connectivity index (χ2n) is 31.9. The number of allylic oxidation sites excluding steroid dienone is 2. The summed E-state index contributed by atoms with van der Waals surface area (Å²) in [6.07, 6.45) is 2.32. The van der Waals surface area contributed by atoms with Gasteiger partial charge in [0.25, 0.3) is 0 Å². The number of ether oxygens (including phenoxy) is 1. The van der Waals surface area contributed by atoms with Gasteiger partial charge in [0.15, 0.2) is 0 Å². The Balaban J connectivity index is 1.24. The Hall–Kier alpha value is -7.27. The third-order valence-electron chi connectivity index (χ3n) is 24.7. The second-order valence-corrected chi connectivity index (χ2v) is 31.9. The molecule has 2 unspecified atom stereocenters. The van der Waals surface area contributed by atoms with Gasteiger partial charge in [-0.2, -0.15) is 13.2 Å². The van der Waals surface area contributed by atoms with Crippen molar-refractivity contribution in [3.05, 3.63) is 24.3 Å². The molecule has 0 aromatic rings. The van der Waals surface area contributed by atoms with Crippen molar-refractivity contribution in [2.45, 2.75) is 267 Å². The smallest absolute Gasteiger partial charge is 0.377 e. The highest BCUT2D eigenvalue weighted by atomic mass is 19.4. The first-order chi connectivity index (χ1) is 50.7. The van der Waals surface area contributed by atoms with Crippen LogP contribution in [0.1, 0.15) is 188 Å². The zero-order chi connectivity index (χ0) is 78.5. The molecule has 0 radical (unpaired) electrons. The molecule has 4 saturated carbocycles. The molecule has 11 aliphatic rings. The SMILES string of the molecule is CCO[C@@H]1C[C@H]2C(=O)NC3(CCC3)C(=O)N(C)[C@@H](C3CCCC3)C(=O)N(C)[C@H](C(=O)N(C)CC)CC(=O)N(C)[C@H]3CCCC/C=C/C4CCC(CC4)C[C@@H](C(=O)N(C)CC(=O)N[C@@H](CCC4CC(F)C(C(F)(F)F)C(F)C4)C(=O)N2C1)N1CC/C=C\C[C@@H](C1=O)N(C)C(=O)CN(C)C(=O)[C@H]([C@@H](C)CC)NC3=O. The van der Waals surface area contributed by atoms with Crippen LogP contribution in [-0.4, -0.2) is 282 Å². The van der Waals surface area contributed by atoms with Crippen molar-refractivity contribution >= 4 is 70.9 Å². The fourth-order valence-electron chi connectivity index (χ4n) is 17.5. The molecule has 12 atom stereocenters. The second kappa shape index (κ2) is 37.9. The van der Waals surface area contributed by atoms with Crippen LogP contribution in [0.2, 0.25) is 0 Å². The molecule has 7 heterocycles. The fraction of sp³-hybridized carbons (Fsp3) is 0.792. The lowest BCUT2D eigenvalue weighted by Crippen LogP contribution is -2.68. The molecule has 0 aromatic carbocycles. The number of alkyl halides is 5. The highest BCUT2D eigenvalue weighted by Crippen LogP contribution is 2.45. The Morgan fingerprint density at radius 3 is 1.90 bits per heavy atom. The van der Waals surface area contributed by atoms with Crippen LogP contribution in [0, 0.1) is 35.5 Å². The van der Waals surface area contributed by atoms with E-state index in [1.807, 2.05) is 13.0 Å². The minimum absolute atomic E-state index is 0.0150. The number of nitrogens with zero attached hydrogens (tertiary/aromatic N) is 9. The third kappa shape index (κ3) is 20.6. The van der Waals surface area contributed by atoms with Crippen molar-refractivity contribution in [2.75, 3.05) is 88.7 Å². The van der Waals surface area contributed by atoms with Crippen LogP contribution >= 0.6 is 0 Å². The summed E-state index contributed by atoms with van der Waals surface area (Å²) in [5.41, 5.74) is -1.64. The zero-order valence-electron chi connectivity index (χ0n) is 64.8. The molecule has 12 amide bonds. The van der Waals surface area contributed by atoms with Gasteiger partial charge in [-0.1, -0.05) is 63.8 Å². The number of likely N-dealkylation sites (N-methyl/N-ethyl adjacent to an activating group) is 7. The minimum Gasteiger partial charge on any atom is -0.377 e. The lowest BCUT2D eigenvalue weighted by Gasteiger charge is -2.46. The first-order valence-corrected chi connectivity index (χ1v) is 39.3. The van der Waals surface area contributed by atoms with Crippen molar-refractivity contribution < 1.29 is 84.2 Å². The maximum Gasteiger partial charge on any atom is 0.397 e. The fourth-order valence-corrected chi connectivity index (χ4v) is 17.5. The van der Waals surface area contributed by atoms with E-state index in [0.29, 0.717) is 77.0 Å². The van der Waals surface area contributed by atoms with E-state index >= 15 is 47.1 Å². The first-order valence-electron chi connectivity index (χ1n) is 39.3. The summed E-state index contributed by atoms with van der Waals surface area (Å²) < 4.78 is 79.1. The lowest BCUT2D eigenvalue weighted by atomic mass is 9.74. The summed E-state index contributed by atoms with van der Waals surface area (Å²) in [5, 5.41) is 8.67. The zero-order valence-corrected chi connectivity index (χ0v) is 64.8. The molecule has 6 bridgehead atoms. The van der Waals surface area contributed by atoms with Crippen molar-refractivity contribution in [1.29, 1.82) is 0 Å². The van der Waals surface area contributed by atoms with Crippen LogP contribution in [0.15, 0.2) is 24.3 Å². The molecule has 2 saturated heterocycles. The number of hydrogen-bond acceptors (Lipinski definition) is 13. The van der Waals surface area contributed by atoms with E-state index in [0.717, 1.165) is 17.7 Å². The highest BCUT2D eigenvalue weighted by molar-refractivity contribution is 6.01. The normalized spacial score (nSPS) is 33.0. The molecule has 6 fully saturated rings. The monoisotopic (exact) mass is 1510 g/mol. The molecule has 4 aliphatic carbocycles. The summed E-state index contributed by atoms with van der Waals surface area (Å²) in [6.45, 7) is 5.85. The number of carbonyl (C=O) groups is 12. The van der Waals surface area contributed by atoms with Crippen LogP contribution in [0.25, 0.3) is 0 Å². The lowest BCUT2D eigenvalue weighted by molar-refractivity contribution is -0.219. The van der Waals surface area contributed by atoms with Crippen molar-refractivity contribution in [1.82, 2.24) is 60.0 Å². The Bertz CT molecular complexity index is 3220. The highest BCUT2D eigenvalue weighted by Gasteiger charge is 2.56. The predicted octanol–water partition coefficient (Wildman–Crippen LogP) is 6.26. The molecule has 1 spiro atoms. The Kier molecular flexibility index (Phi) is 30.2. The molecule has 600 valence electrons. The van der Waals surface area contributed by atoms with E-state index in [-0.39, 0.29) is 89.4 Å². The predicted molar refractivity (Wildman–Crippen MR) is 388 cm³/mol. The molecule has 11 rings (SSSR count). The number of amides is 12. The van der Waals surface area contributed by atoms with E-state index in [1.54, 1.807) is 26.8 Å². The van der Waals surface area contributed by atoms with E-state index in [1.165, 1.54) is 88.5 Å². The molecule has 25 nitrogen and oxygen atoms in total. The Morgan fingerprint density at radius 1 is 0.636 bits per heavy atom. The van der Waals surface area contributed by atoms with E-state index in [9.17, 15) is 32.3 Å². The van der Waals surface area contributed by atoms with Crippen LogP contribution in [-0.2, 0) is 62.3 Å². The van der Waals surface area contributed by atoms with Crippen molar-refractivity contribution in [3.63, 3.8) is 0 Å². The first kappa shape index (κ1) is 85.3. The molecule has 30 heteroatoms. The van der Waals surface area contributed by atoms with E-state index in [2.05, 4.69) is 28.1 Å². The van der Waals surface area contributed by atoms with Gasteiger partial charge in [0.1, 0.15) is 72.1 Å². The number of hydrogen-bond donors (Lipinski definition) is 3. The summed E-state index contributed by atoms with van der Waals surface area (Å²) in [4.78, 5) is 194. The minimum atomic E-state index is -5.17. The van der Waals surface area contributed by atoms with E-state index in [4.69, 9.17) is 4.74 Å². The van der Waals surface area contributed by atoms with Gasteiger partial charge in [-0.25, -0.2) is 8.78 Å². The molecule has 7 aliphatic heterocycles. The van der Waals surface area contributed by atoms with Gasteiger partial charge in [0.2, 0.25) is 70.9 Å². The average molecular weight is 1520 g/mol. The average Bonchev–Trinajstić information content (AvgIpc) is 1.70. The van der Waals surface area contributed by atoms with Crippen LogP contribution in [0.4, 0.5) is 22.0 Å². The number of rotatable bonds is 10. The maximum atomic E-state index is 15.7. The summed E-state index contributed by atoms with van der Waals surface area (Å²) in [7, 11) is 10.0. The van der Waals surface area contributed by atoms with Gasteiger partial charge >= 0.3 is 6.18 Å². The van der Waals surface area contributed by atoms with Gasteiger partial charge in [-0.3, -0.25) is 57.5 Å². The van der Waals surface area contributed by atoms with Crippen LogP contribution in [0.3, 0.4) is 0 Å². The van der Waals surface area contributed by atoms with Crippen LogP contribution < -0.4 is 16.0 Å². The number of nitrogens with one attached hydrogen (secondary N) is 3. The van der Waals surface area contributed by atoms with Crippen molar-refractivity contribution in [2.24, 2.45) is 35.5 Å². The van der Waals surface area contributed by atoms with Gasteiger partial charge in [-0.05, 0) is 165 Å². The van der Waals surface area contributed by atoms with Gasteiger partial charge in [0.05, 0.1) is 25.6 Å². The maximum absolute atomic E-state index is 15.7.